The minimum atomic E-state index is 0.0613. The van der Waals surface area contributed by atoms with Gasteiger partial charge < -0.3 is 9.88 Å². The summed E-state index contributed by atoms with van der Waals surface area (Å²) < 4.78 is 2.02. The molecule has 4 nitrogen and oxygen atoms in total. The number of hydrogen-bond donors (Lipinski definition) is 1. The van der Waals surface area contributed by atoms with Gasteiger partial charge in [0.25, 0.3) is 0 Å². The van der Waals surface area contributed by atoms with Crippen LogP contribution in [-0.2, 0) is 7.05 Å². The van der Waals surface area contributed by atoms with Crippen LogP contribution in [0, 0.1) is 0 Å². The lowest BCUT2D eigenvalue weighted by Crippen LogP contribution is -2.25. The summed E-state index contributed by atoms with van der Waals surface area (Å²) in [6, 6.07) is 5.99. The molecule has 2 heterocycles. The third kappa shape index (κ3) is 2.12. The highest BCUT2D eigenvalue weighted by Crippen LogP contribution is 2.17. The number of rotatable bonds is 4. The Labute approximate surface area is 95.4 Å². The molecular weight excluding hydrogens is 200 g/mol. The zero-order valence-corrected chi connectivity index (χ0v) is 9.59. The number of aryl methyl sites for hydroxylation is 1. The summed E-state index contributed by atoms with van der Waals surface area (Å²) in [5, 5.41) is 3.40. The normalized spacial score (nSPS) is 12.6. The zero-order valence-electron chi connectivity index (χ0n) is 9.59. The predicted octanol–water partition coefficient (Wildman–Crippen LogP) is 1.51. The van der Waals surface area contributed by atoms with E-state index in [0.29, 0.717) is 0 Å². The summed E-state index contributed by atoms with van der Waals surface area (Å²) in [4.78, 5) is 8.75. The summed E-state index contributed by atoms with van der Waals surface area (Å²) in [5.41, 5.74) is 0.999. The number of nitrogens with one attached hydrogen (secondary N) is 1. The molecule has 0 aliphatic heterocycles. The van der Waals surface area contributed by atoms with E-state index in [2.05, 4.69) is 22.2 Å². The fourth-order valence-corrected chi connectivity index (χ4v) is 1.73. The van der Waals surface area contributed by atoms with Crippen molar-refractivity contribution in [3.8, 4) is 0 Å². The maximum Gasteiger partial charge on any atom is 0.131 e. The second-order valence-corrected chi connectivity index (χ2v) is 3.64. The Kier molecular flexibility index (Phi) is 3.31. The zero-order chi connectivity index (χ0) is 11.4. The monoisotopic (exact) mass is 216 g/mol. The molecule has 0 spiro atoms. The molecule has 0 aliphatic rings. The van der Waals surface area contributed by atoms with Gasteiger partial charge >= 0.3 is 0 Å². The predicted molar refractivity (Wildman–Crippen MR) is 63.0 cm³/mol. The lowest BCUT2D eigenvalue weighted by atomic mass is 10.1. The van der Waals surface area contributed by atoms with Crippen LogP contribution in [0.2, 0.25) is 0 Å². The van der Waals surface area contributed by atoms with E-state index in [1.165, 1.54) is 0 Å². The van der Waals surface area contributed by atoms with E-state index in [1.807, 2.05) is 48.4 Å². The standard InChI is InChI=1S/C12H16N4/c1-3-13-11(10-6-4-5-7-14-10)12-15-8-9-16(12)2/h4-9,11,13H,3H2,1-2H3. The van der Waals surface area contributed by atoms with Gasteiger partial charge in [-0.2, -0.15) is 0 Å². The molecule has 1 atom stereocenters. The lowest BCUT2D eigenvalue weighted by Gasteiger charge is -2.16. The van der Waals surface area contributed by atoms with Crippen LogP contribution < -0.4 is 5.32 Å². The van der Waals surface area contributed by atoms with Gasteiger partial charge in [-0.15, -0.1) is 0 Å². The van der Waals surface area contributed by atoms with Gasteiger partial charge in [0.05, 0.1) is 5.69 Å². The fraction of sp³-hybridized carbons (Fsp3) is 0.333. The van der Waals surface area contributed by atoms with Crippen molar-refractivity contribution in [3.63, 3.8) is 0 Å². The molecule has 0 bridgehead atoms. The van der Waals surface area contributed by atoms with Gasteiger partial charge in [0.2, 0.25) is 0 Å². The van der Waals surface area contributed by atoms with Crippen molar-refractivity contribution >= 4 is 0 Å². The molecule has 0 saturated heterocycles. The Balaban J connectivity index is 2.35. The van der Waals surface area contributed by atoms with Crippen molar-refractivity contribution < 1.29 is 0 Å². The van der Waals surface area contributed by atoms with E-state index in [4.69, 9.17) is 0 Å². The number of nitrogens with zero attached hydrogens (tertiary/aromatic N) is 3. The Morgan fingerprint density at radius 1 is 1.31 bits per heavy atom. The van der Waals surface area contributed by atoms with Gasteiger partial charge in [0.15, 0.2) is 0 Å². The molecule has 4 heteroatoms. The molecule has 2 rings (SSSR count). The average Bonchev–Trinajstić information content (AvgIpc) is 2.73. The molecule has 1 unspecified atom stereocenters. The van der Waals surface area contributed by atoms with Crippen molar-refractivity contribution in [1.29, 1.82) is 0 Å². The highest BCUT2D eigenvalue weighted by atomic mass is 15.1. The molecule has 0 aromatic carbocycles. The maximum atomic E-state index is 4.38. The summed E-state index contributed by atoms with van der Waals surface area (Å²) in [7, 11) is 2.00. The summed E-state index contributed by atoms with van der Waals surface area (Å²) in [6.07, 6.45) is 5.56. The largest absolute Gasteiger partial charge is 0.336 e. The third-order valence-corrected chi connectivity index (χ3v) is 2.51. The molecule has 0 fully saturated rings. The van der Waals surface area contributed by atoms with Crippen LogP contribution in [-0.4, -0.2) is 21.1 Å². The van der Waals surface area contributed by atoms with Gasteiger partial charge in [-0.05, 0) is 18.7 Å². The van der Waals surface area contributed by atoms with Gasteiger partial charge in [-0.3, -0.25) is 4.98 Å². The maximum absolute atomic E-state index is 4.38. The quantitative estimate of drug-likeness (QED) is 0.842. The van der Waals surface area contributed by atoms with Gasteiger partial charge in [-0.1, -0.05) is 13.0 Å². The van der Waals surface area contributed by atoms with Crippen LogP contribution in [0.4, 0.5) is 0 Å². The Morgan fingerprint density at radius 3 is 2.75 bits per heavy atom. The molecular formula is C12H16N4. The first-order chi connectivity index (χ1) is 7.83. The van der Waals surface area contributed by atoms with E-state index in [-0.39, 0.29) is 6.04 Å². The van der Waals surface area contributed by atoms with E-state index >= 15 is 0 Å². The van der Waals surface area contributed by atoms with Crippen LogP contribution in [0.1, 0.15) is 24.5 Å². The minimum absolute atomic E-state index is 0.0613. The Morgan fingerprint density at radius 2 is 2.19 bits per heavy atom. The van der Waals surface area contributed by atoms with Crippen LogP contribution in [0.15, 0.2) is 36.8 Å². The summed E-state index contributed by atoms with van der Waals surface area (Å²) in [6.45, 7) is 2.97. The van der Waals surface area contributed by atoms with Gasteiger partial charge in [0.1, 0.15) is 11.9 Å². The molecule has 0 aliphatic carbocycles. The van der Waals surface area contributed by atoms with Crippen LogP contribution in [0.3, 0.4) is 0 Å². The van der Waals surface area contributed by atoms with Gasteiger partial charge in [0, 0.05) is 25.6 Å². The third-order valence-electron chi connectivity index (χ3n) is 2.51. The first-order valence-corrected chi connectivity index (χ1v) is 5.44. The molecule has 84 valence electrons. The van der Waals surface area contributed by atoms with Crippen LogP contribution in [0.25, 0.3) is 0 Å². The van der Waals surface area contributed by atoms with E-state index in [1.54, 1.807) is 0 Å². The number of imidazole rings is 1. The molecule has 2 aromatic rings. The number of pyridine rings is 1. The SMILES string of the molecule is CCNC(c1ccccn1)c1nccn1C. The molecule has 0 saturated carbocycles. The smallest absolute Gasteiger partial charge is 0.131 e. The second kappa shape index (κ2) is 4.90. The van der Waals surface area contributed by atoms with Crippen molar-refractivity contribution in [2.75, 3.05) is 6.54 Å². The van der Waals surface area contributed by atoms with E-state index < -0.39 is 0 Å². The lowest BCUT2D eigenvalue weighted by molar-refractivity contribution is 0.565. The molecule has 0 amide bonds. The summed E-state index contributed by atoms with van der Waals surface area (Å²) in [5.74, 6) is 0.987. The van der Waals surface area contributed by atoms with Crippen molar-refractivity contribution in [2.24, 2.45) is 7.05 Å². The number of hydrogen-bond acceptors (Lipinski definition) is 3. The fourth-order valence-electron chi connectivity index (χ4n) is 1.73. The molecule has 1 N–H and O–H groups in total. The first-order valence-electron chi connectivity index (χ1n) is 5.44. The summed E-state index contributed by atoms with van der Waals surface area (Å²) >= 11 is 0. The van der Waals surface area contributed by atoms with E-state index in [9.17, 15) is 0 Å². The van der Waals surface area contributed by atoms with Crippen molar-refractivity contribution in [3.05, 3.63) is 48.3 Å². The Bertz CT molecular complexity index is 435. The minimum Gasteiger partial charge on any atom is -0.336 e. The topological polar surface area (TPSA) is 42.7 Å². The van der Waals surface area contributed by atoms with Gasteiger partial charge in [-0.25, -0.2) is 4.98 Å². The highest BCUT2D eigenvalue weighted by molar-refractivity contribution is 5.17. The van der Waals surface area contributed by atoms with Crippen LogP contribution >= 0.6 is 0 Å². The van der Waals surface area contributed by atoms with Crippen LogP contribution in [0.5, 0.6) is 0 Å². The highest BCUT2D eigenvalue weighted by Gasteiger charge is 2.17. The number of aromatic nitrogens is 3. The molecule has 2 aromatic heterocycles. The second-order valence-electron chi connectivity index (χ2n) is 3.64. The first kappa shape index (κ1) is 10.8. The van der Waals surface area contributed by atoms with Crippen molar-refractivity contribution in [2.45, 2.75) is 13.0 Å². The van der Waals surface area contributed by atoms with E-state index in [0.717, 1.165) is 18.1 Å². The molecule has 0 radical (unpaired) electrons. The Hall–Kier alpha value is -1.68. The van der Waals surface area contributed by atoms with Crippen molar-refractivity contribution in [1.82, 2.24) is 19.9 Å². The average molecular weight is 216 g/mol. The molecule has 16 heavy (non-hydrogen) atoms.